The number of hydrogen-bond donors (Lipinski definition) is 0. The molecule has 0 N–H and O–H groups in total. The second kappa shape index (κ2) is 6.53. The SMILES string of the molecule is CCC1CC(CC=CI)(OC2CCCCO2)C1. The Hall–Kier alpha value is 0.390. The van der Waals surface area contributed by atoms with E-state index in [1.165, 1.54) is 32.1 Å². The molecule has 1 saturated heterocycles. The van der Waals surface area contributed by atoms with Crippen LogP contribution >= 0.6 is 22.6 Å². The van der Waals surface area contributed by atoms with Crippen molar-refractivity contribution in [2.45, 2.75) is 63.8 Å². The van der Waals surface area contributed by atoms with E-state index in [2.05, 4.69) is 39.7 Å². The van der Waals surface area contributed by atoms with Crippen LogP contribution in [0.25, 0.3) is 0 Å². The minimum Gasteiger partial charge on any atom is -0.353 e. The highest BCUT2D eigenvalue weighted by atomic mass is 127. The number of rotatable bonds is 5. The van der Waals surface area contributed by atoms with E-state index in [0.717, 1.165) is 25.4 Å². The average molecular weight is 350 g/mol. The van der Waals surface area contributed by atoms with Crippen molar-refractivity contribution < 1.29 is 9.47 Å². The summed E-state index contributed by atoms with van der Waals surface area (Å²) in [5, 5.41) is 0. The quantitative estimate of drug-likeness (QED) is 0.683. The Morgan fingerprint density at radius 2 is 2.24 bits per heavy atom. The van der Waals surface area contributed by atoms with Gasteiger partial charge in [-0.15, -0.1) is 0 Å². The van der Waals surface area contributed by atoms with Crippen LogP contribution in [0.15, 0.2) is 10.2 Å². The molecule has 3 heteroatoms. The molecule has 98 valence electrons. The minimum atomic E-state index is 0.0594. The summed E-state index contributed by atoms with van der Waals surface area (Å²) in [6.07, 6.45) is 10.6. The normalized spacial score (nSPS) is 38.2. The molecule has 1 aliphatic carbocycles. The summed E-state index contributed by atoms with van der Waals surface area (Å²) in [5.74, 6) is 0.862. The van der Waals surface area contributed by atoms with E-state index >= 15 is 0 Å². The van der Waals surface area contributed by atoms with Gasteiger partial charge in [0.25, 0.3) is 0 Å². The highest BCUT2D eigenvalue weighted by Gasteiger charge is 2.45. The molecule has 1 atom stereocenters. The Labute approximate surface area is 118 Å². The van der Waals surface area contributed by atoms with E-state index in [4.69, 9.17) is 9.47 Å². The molecule has 2 rings (SSSR count). The molecule has 2 fully saturated rings. The fraction of sp³-hybridized carbons (Fsp3) is 0.857. The van der Waals surface area contributed by atoms with Crippen molar-refractivity contribution in [3.05, 3.63) is 10.2 Å². The second-order valence-corrected chi connectivity index (χ2v) is 6.06. The Morgan fingerprint density at radius 1 is 1.41 bits per heavy atom. The van der Waals surface area contributed by atoms with Crippen LogP contribution in [-0.2, 0) is 9.47 Å². The van der Waals surface area contributed by atoms with Gasteiger partial charge >= 0.3 is 0 Å². The molecule has 17 heavy (non-hydrogen) atoms. The Balaban J connectivity index is 1.87. The zero-order valence-corrected chi connectivity index (χ0v) is 12.8. The van der Waals surface area contributed by atoms with Crippen molar-refractivity contribution in [3.8, 4) is 0 Å². The molecule has 1 heterocycles. The number of halogens is 1. The topological polar surface area (TPSA) is 18.5 Å². The maximum absolute atomic E-state index is 6.27. The first-order valence-electron chi connectivity index (χ1n) is 6.82. The zero-order chi connectivity index (χ0) is 12.1. The van der Waals surface area contributed by atoms with Gasteiger partial charge in [-0.3, -0.25) is 0 Å². The van der Waals surface area contributed by atoms with Gasteiger partial charge in [0.1, 0.15) is 0 Å². The third-order valence-corrected chi connectivity index (χ3v) is 4.51. The molecular weight excluding hydrogens is 327 g/mol. The van der Waals surface area contributed by atoms with Crippen LogP contribution in [0.3, 0.4) is 0 Å². The number of ether oxygens (including phenoxy) is 2. The van der Waals surface area contributed by atoms with E-state index in [1.54, 1.807) is 0 Å². The van der Waals surface area contributed by atoms with Gasteiger partial charge < -0.3 is 9.47 Å². The van der Waals surface area contributed by atoms with Crippen molar-refractivity contribution in [2.75, 3.05) is 6.61 Å². The van der Waals surface area contributed by atoms with Crippen LogP contribution in [0.2, 0.25) is 0 Å². The Morgan fingerprint density at radius 3 is 2.82 bits per heavy atom. The molecule has 0 aromatic heterocycles. The third kappa shape index (κ3) is 3.67. The summed E-state index contributed by atoms with van der Waals surface area (Å²) in [4.78, 5) is 0. The van der Waals surface area contributed by atoms with E-state index in [0.29, 0.717) is 0 Å². The molecule has 0 radical (unpaired) electrons. The molecule has 0 bridgehead atoms. The maximum atomic E-state index is 6.27. The zero-order valence-electron chi connectivity index (χ0n) is 10.7. The van der Waals surface area contributed by atoms with Gasteiger partial charge in [-0.2, -0.15) is 0 Å². The van der Waals surface area contributed by atoms with Gasteiger partial charge in [-0.1, -0.05) is 42.0 Å². The van der Waals surface area contributed by atoms with Crippen LogP contribution in [0, 0.1) is 5.92 Å². The van der Waals surface area contributed by atoms with Gasteiger partial charge in [0.05, 0.1) is 5.60 Å². The fourth-order valence-electron chi connectivity index (χ4n) is 2.93. The molecule has 0 aromatic rings. The summed E-state index contributed by atoms with van der Waals surface area (Å²) in [7, 11) is 0. The lowest BCUT2D eigenvalue weighted by Gasteiger charge is -2.49. The third-order valence-electron chi connectivity index (χ3n) is 4.00. The lowest BCUT2D eigenvalue weighted by atomic mass is 9.68. The van der Waals surface area contributed by atoms with Gasteiger partial charge in [-0.25, -0.2) is 0 Å². The van der Waals surface area contributed by atoms with Crippen LogP contribution in [0.1, 0.15) is 51.9 Å². The van der Waals surface area contributed by atoms with Gasteiger partial charge in [0, 0.05) is 6.61 Å². The molecule has 0 aromatic carbocycles. The van der Waals surface area contributed by atoms with Gasteiger partial charge in [0.2, 0.25) is 0 Å². The molecule has 1 unspecified atom stereocenters. The molecular formula is C14H23IO2. The van der Waals surface area contributed by atoms with Gasteiger partial charge in [-0.05, 0) is 48.5 Å². The summed E-state index contributed by atoms with van der Waals surface area (Å²) in [6.45, 7) is 3.15. The van der Waals surface area contributed by atoms with Crippen molar-refractivity contribution in [1.29, 1.82) is 0 Å². The summed E-state index contributed by atoms with van der Waals surface area (Å²) >= 11 is 2.29. The molecule has 2 aliphatic rings. The number of hydrogen-bond acceptors (Lipinski definition) is 2. The summed E-state index contributed by atoms with van der Waals surface area (Å²) in [5.41, 5.74) is 0.0877. The summed E-state index contributed by atoms with van der Waals surface area (Å²) in [6, 6.07) is 0. The average Bonchev–Trinajstić information content (AvgIpc) is 2.33. The lowest BCUT2D eigenvalue weighted by molar-refractivity contribution is -0.256. The minimum absolute atomic E-state index is 0.0594. The predicted octanol–water partition coefficient (Wildman–Crippen LogP) is 4.43. The Bertz CT molecular complexity index is 253. The van der Waals surface area contributed by atoms with Crippen LogP contribution < -0.4 is 0 Å². The fourth-order valence-corrected chi connectivity index (χ4v) is 3.19. The van der Waals surface area contributed by atoms with Crippen molar-refractivity contribution in [3.63, 3.8) is 0 Å². The molecule has 1 saturated carbocycles. The van der Waals surface area contributed by atoms with Crippen molar-refractivity contribution >= 4 is 22.6 Å². The van der Waals surface area contributed by atoms with E-state index < -0.39 is 0 Å². The largest absolute Gasteiger partial charge is 0.353 e. The first kappa shape index (κ1) is 13.8. The van der Waals surface area contributed by atoms with Crippen molar-refractivity contribution in [2.24, 2.45) is 5.92 Å². The van der Waals surface area contributed by atoms with E-state index in [1.807, 2.05) is 0 Å². The van der Waals surface area contributed by atoms with E-state index in [-0.39, 0.29) is 11.9 Å². The van der Waals surface area contributed by atoms with Crippen LogP contribution in [0.5, 0.6) is 0 Å². The van der Waals surface area contributed by atoms with Gasteiger partial charge in [0.15, 0.2) is 6.29 Å². The molecule has 0 amide bonds. The van der Waals surface area contributed by atoms with Crippen molar-refractivity contribution in [1.82, 2.24) is 0 Å². The highest BCUT2D eigenvalue weighted by molar-refractivity contribution is 14.1. The lowest BCUT2D eigenvalue weighted by Crippen LogP contribution is -2.49. The molecule has 0 spiro atoms. The first-order valence-corrected chi connectivity index (χ1v) is 8.07. The Kier molecular flexibility index (Phi) is 5.30. The van der Waals surface area contributed by atoms with E-state index in [9.17, 15) is 0 Å². The second-order valence-electron chi connectivity index (χ2n) is 5.35. The maximum Gasteiger partial charge on any atom is 0.158 e. The van der Waals surface area contributed by atoms with Crippen LogP contribution in [0.4, 0.5) is 0 Å². The molecule has 2 nitrogen and oxygen atoms in total. The standard InChI is InChI=1S/C14H23IO2/c1-2-12-10-14(11-12,7-5-8-15)17-13-6-3-4-9-16-13/h5,8,12-13H,2-4,6-7,9-11H2,1H3. The van der Waals surface area contributed by atoms with Crippen LogP contribution in [-0.4, -0.2) is 18.5 Å². The first-order chi connectivity index (χ1) is 8.28. The monoisotopic (exact) mass is 350 g/mol. The smallest absolute Gasteiger partial charge is 0.158 e. The predicted molar refractivity (Wildman–Crippen MR) is 78.2 cm³/mol. The molecule has 1 aliphatic heterocycles. The summed E-state index contributed by atoms with van der Waals surface area (Å²) < 4.78 is 14.1. The highest BCUT2D eigenvalue weighted by Crippen LogP contribution is 2.46.